The highest BCUT2D eigenvalue weighted by atomic mass is 16.5. The third kappa shape index (κ3) is 2.78. The molecule has 2 aromatic rings. The van der Waals surface area contributed by atoms with Gasteiger partial charge >= 0.3 is 0 Å². The van der Waals surface area contributed by atoms with E-state index < -0.39 is 5.92 Å². The van der Waals surface area contributed by atoms with Crippen molar-refractivity contribution in [1.29, 1.82) is 0 Å². The molecule has 1 aliphatic heterocycles. The van der Waals surface area contributed by atoms with Gasteiger partial charge in [0, 0.05) is 35.6 Å². The zero-order valence-corrected chi connectivity index (χ0v) is 17.4. The number of hydrogen-bond acceptors (Lipinski definition) is 8. The van der Waals surface area contributed by atoms with E-state index in [1.807, 2.05) is 0 Å². The molecule has 0 amide bonds. The molecule has 8 heteroatoms. The number of aliphatic hydroxyl groups excluding tert-OH is 1. The van der Waals surface area contributed by atoms with E-state index in [2.05, 4.69) is 0 Å². The summed E-state index contributed by atoms with van der Waals surface area (Å²) in [5.41, 5.74) is 2.23. The second-order valence-corrected chi connectivity index (χ2v) is 7.51. The van der Waals surface area contributed by atoms with Gasteiger partial charge in [-0.2, -0.15) is 0 Å². The molecule has 1 heterocycles. The second kappa shape index (κ2) is 7.68. The minimum absolute atomic E-state index is 0.00306. The standard InChI is InChI=1S/C22H26O8/c1-26-14-6-10-5-11-9-30-13-7-15(27-2)20(25)22(29-4)18(13)17(12(11)8-23)16(10)21(28-3)19(14)24/h6-7,11-12,17,23-25H,5,8-9H2,1-4H3/t11-,12-,17+/m1/s1. The van der Waals surface area contributed by atoms with E-state index in [1.54, 1.807) is 12.1 Å². The number of rotatable bonds is 5. The quantitative estimate of drug-likeness (QED) is 0.680. The van der Waals surface area contributed by atoms with Gasteiger partial charge in [-0.15, -0.1) is 0 Å². The number of hydrogen-bond donors (Lipinski definition) is 3. The molecule has 0 fully saturated rings. The van der Waals surface area contributed by atoms with Crippen LogP contribution in [0.3, 0.4) is 0 Å². The highest BCUT2D eigenvalue weighted by molar-refractivity contribution is 5.69. The lowest BCUT2D eigenvalue weighted by molar-refractivity contribution is 0.122. The van der Waals surface area contributed by atoms with Crippen LogP contribution in [0.25, 0.3) is 0 Å². The number of fused-ring (bicyclic) bond motifs is 6. The molecule has 2 aromatic carbocycles. The number of benzene rings is 2. The first-order chi connectivity index (χ1) is 14.5. The molecular weight excluding hydrogens is 392 g/mol. The molecule has 2 aliphatic rings. The maximum Gasteiger partial charge on any atom is 0.201 e. The Kier molecular flexibility index (Phi) is 5.19. The predicted molar refractivity (Wildman–Crippen MR) is 108 cm³/mol. The lowest BCUT2D eigenvalue weighted by Gasteiger charge is -2.38. The van der Waals surface area contributed by atoms with Gasteiger partial charge in [0.05, 0.1) is 35.0 Å². The van der Waals surface area contributed by atoms with E-state index in [9.17, 15) is 15.3 Å². The number of phenolic OH excluding ortho intramolecular Hbond substituents is 2. The normalized spacial score (nSPS) is 21.6. The van der Waals surface area contributed by atoms with Crippen LogP contribution in [0.15, 0.2) is 12.1 Å². The number of phenols is 2. The molecule has 30 heavy (non-hydrogen) atoms. The summed E-state index contributed by atoms with van der Waals surface area (Å²) in [6.45, 7) is 0.264. The molecule has 0 saturated carbocycles. The fraction of sp³-hybridized carbons (Fsp3) is 0.455. The number of aromatic hydroxyl groups is 2. The fourth-order valence-corrected chi connectivity index (χ4v) is 4.87. The van der Waals surface area contributed by atoms with Crippen LogP contribution in [0.4, 0.5) is 0 Å². The van der Waals surface area contributed by atoms with Gasteiger partial charge in [0.2, 0.25) is 11.5 Å². The molecule has 2 bridgehead atoms. The Labute approximate surface area is 174 Å². The van der Waals surface area contributed by atoms with Gasteiger partial charge in [-0.05, 0) is 24.0 Å². The van der Waals surface area contributed by atoms with E-state index in [0.717, 1.165) is 11.1 Å². The molecule has 0 aromatic heterocycles. The molecule has 4 rings (SSSR count). The molecule has 162 valence electrons. The Hall–Kier alpha value is -3.00. The van der Waals surface area contributed by atoms with Crippen LogP contribution >= 0.6 is 0 Å². The van der Waals surface area contributed by atoms with Crippen molar-refractivity contribution in [2.75, 3.05) is 41.7 Å². The van der Waals surface area contributed by atoms with Gasteiger partial charge in [-0.1, -0.05) is 0 Å². The summed E-state index contributed by atoms with van der Waals surface area (Å²) in [4.78, 5) is 0. The van der Waals surface area contributed by atoms with Crippen LogP contribution in [0.2, 0.25) is 0 Å². The summed E-state index contributed by atoms with van der Waals surface area (Å²) < 4.78 is 27.9. The first kappa shape index (κ1) is 20.3. The first-order valence-electron chi connectivity index (χ1n) is 9.68. The number of methoxy groups -OCH3 is 4. The molecule has 3 N–H and O–H groups in total. The minimum atomic E-state index is -0.445. The molecular formula is C22H26O8. The lowest BCUT2D eigenvalue weighted by atomic mass is 9.66. The van der Waals surface area contributed by atoms with Crippen LogP contribution in [-0.4, -0.2) is 57.0 Å². The molecule has 1 aliphatic carbocycles. The van der Waals surface area contributed by atoms with E-state index in [4.69, 9.17) is 23.7 Å². The molecule has 0 unspecified atom stereocenters. The first-order valence-corrected chi connectivity index (χ1v) is 9.68. The van der Waals surface area contributed by atoms with Crippen molar-refractivity contribution in [3.05, 3.63) is 28.8 Å². The van der Waals surface area contributed by atoms with E-state index in [0.29, 0.717) is 30.1 Å². The van der Waals surface area contributed by atoms with Crippen molar-refractivity contribution < 1.29 is 39.0 Å². The van der Waals surface area contributed by atoms with Crippen molar-refractivity contribution >= 4 is 0 Å². The van der Waals surface area contributed by atoms with Gasteiger partial charge in [0.1, 0.15) is 5.75 Å². The Bertz CT molecular complexity index is 960. The van der Waals surface area contributed by atoms with Crippen LogP contribution in [0, 0.1) is 11.8 Å². The summed E-state index contributed by atoms with van der Waals surface area (Å²) in [5, 5.41) is 31.8. The van der Waals surface area contributed by atoms with Gasteiger partial charge in [-0.25, -0.2) is 0 Å². The molecule has 0 radical (unpaired) electrons. The van der Waals surface area contributed by atoms with Gasteiger partial charge in [-0.3, -0.25) is 0 Å². The van der Waals surface area contributed by atoms with Gasteiger partial charge < -0.3 is 39.0 Å². The predicted octanol–water partition coefficient (Wildman–Crippen LogP) is 2.44. The molecule has 3 atom stereocenters. The highest BCUT2D eigenvalue weighted by Gasteiger charge is 2.46. The van der Waals surface area contributed by atoms with Crippen molar-refractivity contribution in [3.63, 3.8) is 0 Å². The maximum absolute atomic E-state index is 10.7. The van der Waals surface area contributed by atoms with Crippen molar-refractivity contribution in [1.82, 2.24) is 0 Å². The minimum Gasteiger partial charge on any atom is -0.502 e. The monoisotopic (exact) mass is 418 g/mol. The Morgan fingerprint density at radius 3 is 2.07 bits per heavy atom. The number of aliphatic hydroxyl groups is 1. The molecule has 0 saturated heterocycles. The third-order valence-electron chi connectivity index (χ3n) is 6.21. The average molecular weight is 418 g/mol. The van der Waals surface area contributed by atoms with Crippen LogP contribution in [-0.2, 0) is 6.42 Å². The Balaban J connectivity index is 2.08. The van der Waals surface area contributed by atoms with Crippen LogP contribution in [0.5, 0.6) is 40.2 Å². The Morgan fingerprint density at radius 2 is 1.50 bits per heavy atom. The van der Waals surface area contributed by atoms with Crippen LogP contribution < -0.4 is 23.7 Å². The zero-order valence-electron chi connectivity index (χ0n) is 17.4. The van der Waals surface area contributed by atoms with E-state index in [1.165, 1.54) is 28.4 Å². The zero-order chi connectivity index (χ0) is 21.6. The summed E-state index contributed by atoms with van der Waals surface area (Å²) in [6.07, 6.45) is 0.615. The fourth-order valence-electron chi connectivity index (χ4n) is 4.87. The van der Waals surface area contributed by atoms with Gasteiger partial charge in [0.25, 0.3) is 0 Å². The summed E-state index contributed by atoms with van der Waals surface area (Å²) in [5.74, 6) is 0.577. The summed E-state index contributed by atoms with van der Waals surface area (Å²) >= 11 is 0. The van der Waals surface area contributed by atoms with Crippen molar-refractivity contribution in [3.8, 4) is 40.2 Å². The van der Waals surface area contributed by atoms with Crippen LogP contribution in [0.1, 0.15) is 22.6 Å². The summed E-state index contributed by atoms with van der Waals surface area (Å²) in [7, 11) is 5.87. The topological polar surface area (TPSA) is 107 Å². The SMILES string of the molecule is COc1cc2c(c(OC)c1O)[C@H]1c3c(cc(OC)c(O)c3OC)OC[C@@H](C2)[C@H]1CO. The van der Waals surface area contributed by atoms with Crippen molar-refractivity contribution in [2.24, 2.45) is 11.8 Å². The second-order valence-electron chi connectivity index (χ2n) is 7.51. The maximum atomic E-state index is 10.7. The van der Waals surface area contributed by atoms with E-state index >= 15 is 0 Å². The molecule has 8 nitrogen and oxygen atoms in total. The summed E-state index contributed by atoms with van der Waals surface area (Å²) in [6, 6.07) is 3.42. The highest BCUT2D eigenvalue weighted by Crippen LogP contribution is 2.59. The largest absolute Gasteiger partial charge is 0.502 e. The van der Waals surface area contributed by atoms with Crippen molar-refractivity contribution in [2.45, 2.75) is 12.3 Å². The number of ether oxygens (including phenoxy) is 5. The third-order valence-corrected chi connectivity index (χ3v) is 6.21. The lowest BCUT2D eigenvalue weighted by Crippen LogP contribution is -2.34. The Morgan fingerprint density at radius 1 is 0.900 bits per heavy atom. The molecule has 0 spiro atoms. The van der Waals surface area contributed by atoms with Gasteiger partial charge in [0.15, 0.2) is 23.0 Å². The van der Waals surface area contributed by atoms with E-state index in [-0.39, 0.29) is 47.2 Å². The smallest absolute Gasteiger partial charge is 0.201 e. The average Bonchev–Trinajstić information content (AvgIpc) is 2.86.